The van der Waals surface area contributed by atoms with Crippen LogP contribution in [-0.2, 0) is 11.4 Å². The van der Waals surface area contributed by atoms with Gasteiger partial charge in [0.2, 0.25) is 0 Å². The number of carbonyl (C=O) groups is 1. The van der Waals surface area contributed by atoms with E-state index in [4.69, 9.17) is 14.2 Å². The number of aryl methyl sites for hydroxylation is 1. The van der Waals surface area contributed by atoms with Crippen LogP contribution in [0.5, 0.6) is 17.2 Å². The summed E-state index contributed by atoms with van der Waals surface area (Å²) in [5, 5.41) is 3.36. The van der Waals surface area contributed by atoms with Crippen LogP contribution in [0.25, 0.3) is 6.08 Å². The summed E-state index contributed by atoms with van der Waals surface area (Å²) in [6.07, 6.45) is 1.84. The predicted octanol–water partition coefficient (Wildman–Crippen LogP) is 6.48. The van der Waals surface area contributed by atoms with Crippen molar-refractivity contribution in [2.75, 3.05) is 13.7 Å². The molecule has 3 aromatic carbocycles. The number of benzene rings is 3. The van der Waals surface area contributed by atoms with Crippen molar-refractivity contribution in [2.24, 2.45) is 4.99 Å². The van der Waals surface area contributed by atoms with E-state index in [1.807, 2.05) is 49.4 Å². The lowest BCUT2D eigenvalue weighted by Crippen LogP contribution is -2.19. The molecule has 6 nitrogen and oxygen atoms in total. The van der Waals surface area contributed by atoms with Gasteiger partial charge in [0, 0.05) is 0 Å². The topological polar surface area (TPSA) is 69.2 Å². The number of methoxy groups -OCH3 is 1. The Kier molecular flexibility index (Phi) is 8.35. The van der Waals surface area contributed by atoms with Crippen molar-refractivity contribution in [1.82, 2.24) is 5.32 Å². The number of nitrogens with zero attached hydrogens (tertiary/aromatic N) is 1. The minimum Gasteiger partial charge on any atom is -0.497 e. The molecule has 1 amide bonds. The van der Waals surface area contributed by atoms with E-state index in [9.17, 15) is 4.79 Å². The number of thioether (sulfide) groups is 1. The van der Waals surface area contributed by atoms with E-state index in [2.05, 4.69) is 64.1 Å². The minimum absolute atomic E-state index is 0.185. The fourth-order valence-electron chi connectivity index (χ4n) is 3.32. The first-order chi connectivity index (χ1) is 16.9. The lowest BCUT2D eigenvalue weighted by Gasteiger charge is -2.15. The van der Waals surface area contributed by atoms with E-state index in [0.29, 0.717) is 34.8 Å². The maximum Gasteiger partial charge on any atom is 0.264 e. The Labute approximate surface area is 222 Å². The van der Waals surface area contributed by atoms with Crippen molar-refractivity contribution < 1.29 is 19.0 Å². The number of halogens is 1. The van der Waals surface area contributed by atoms with Gasteiger partial charge in [-0.15, -0.1) is 0 Å². The number of rotatable bonds is 8. The fraction of sp³-hybridized carbons (Fsp3) is 0.185. The molecule has 0 unspecified atom stereocenters. The number of ether oxygens (including phenoxy) is 3. The Balaban J connectivity index is 1.53. The highest BCUT2D eigenvalue weighted by Crippen LogP contribution is 2.37. The average Bonchev–Trinajstić information content (AvgIpc) is 3.18. The smallest absolute Gasteiger partial charge is 0.264 e. The third-order valence-electron chi connectivity index (χ3n) is 5.09. The largest absolute Gasteiger partial charge is 0.497 e. The highest BCUT2D eigenvalue weighted by atomic mass is 127. The van der Waals surface area contributed by atoms with Gasteiger partial charge in [0.05, 0.1) is 27.9 Å². The number of amidine groups is 1. The Bertz CT molecular complexity index is 1270. The Morgan fingerprint density at radius 3 is 2.49 bits per heavy atom. The van der Waals surface area contributed by atoms with E-state index < -0.39 is 0 Å². The zero-order chi connectivity index (χ0) is 24.8. The van der Waals surface area contributed by atoms with Gasteiger partial charge in [0.25, 0.3) is 5.91 Å². The molecule has 0 radical (unpaired) electrons. The molecule has 1 fully saturated rings. The van der Waals surface area contributed by atoms with Crippen LogP contribution < -0.4 is 19.5 Å². The predicted molar refractivity (Wildman–Crippen MR) is 150 cm³/mol. The van der Waals surface area contributed by atoms with Crippen LogP contribution in [0, 0.1) is 10.5 Å². The molecule has 1 aliphatic heterocycles. The SMILES string of the molecule is CCOc1cc(/C=C2/SC(=Nc3ccc(OC)cc3)NC2=O)cc(I)c1OCc1ccc(C)cc1. The molecule has 180 valence electrons. The second kappa shape index (κ2) is 11.6. The Hall–Kier alpha value is -2.98. The van der Waals surface area contributed by atoms with Crippen molar-refractivity contribution in [3.05, 3.63) is 85.8 Å². The van der Waals surface area contributed by atoms with Crippen molar-refractivity contribution in [3.63, 3.8) is 0 Å². The number of amides is 1. The summed E-state index contributed by atoms with van der Waals surface area (Å²) in [4.78, 5) is 17.6. The van der Waals surface area contributed by atoms with Gasteiger partial charge in [-0.1, -0.05) is 29.8 Å². The summed E-state index contributed by atoms with van der Waals surface area (Å²) in [7, 11) is 1.62. The van der Waals surface area contributed by atoms with E-state index in [1.165, 1.54) is 17.3 Å². The van der Waals surface area contributed by atoms with Crippen LogP contribution in [-0.4, -0.2) is 24.8 Å². The molecule has 1 N–H and O–H groups in total. The molecular weight excluding hydrogens is 575 g/mol. The lowest BCUT2D eigenvalue weighted by atomic mass is 10.1. The summed E-state index contributed by atoms with van der Waals surface area (Å²) in [5.41, 5.74) is 3.88. The molecule has 1 aliphatic rings. The molecule has 0 bridgehead atoms. The molecule has 0 spiro atoms. The molecule has 0 aromatic heterocycles. The van der Waals surface area contributed by atoms with E-state index >= 15 is 0 Å². The van der Waals surface area contributed by atoms with E-state index in [-0.39, 0.29) is 5.91 Å². The fourth-order valence-corrected chi connectivity index (χ4v) is 4.94. The molecule has 0 aliphatic carbocycles. The average molecular weight is 600 g/mol. The monoisotopic (exact) mass is 600 g/mol. The van der Waals surface area contributed by atoms with Crippen LogP contribution in [0.2, 0.25) is 0 Å². The van der Waals surface area contributed by atoms with Crippen LogP contribution >= 0.6 is 34.4 Å². The summed E-state index contributed by atoms with van der Waals surface area (Å²) in [6.45, 7) is 4.94. The standard InChI is InChI=1S/C27H25IN2O4S/c1-4-33-23-14-19(13-22(28)25(23)34-16-18-7-5-17(2)6-8-18)15-24-26(31)30-27(35-24)29-20-9-11-21(32-3)12-10-20/h5-15H,4,16H2,1-3H3,(H,29,30,31)/b24-15+. The number of nitrogens with one attached hydrogen (secondary N) is 1. The molecule has 35 heavy (non-hydrogen) atoms. The van der Waals surface area contributed by atoms with Gasteiger partial charge in [-0.25, -0.2) is 4.99 Å². The van der Waals surface area contributed by atoms with Gasteiger partial charge < -0.3 is 19.5 Å². The van der Waals surface area contributed by atoms with Gasteiger partial charge in [-0.3, -0.25) is 4.79 Å². The van der Waals surface area contributed by atoms with Gasteiger partial charge in [0.1, 0.15) is 12.4 Å². The summed E-state index contributed by atoms with van der Waals surface area (Å²) in [6, 6.07) is 19.5. The highest BCUT2D eigenvalue weighted by Gasteiger charge is 2.24. The third-order valence-corrected chi connectivity index (χ3v) is 6.80. The number of carbonyl (C=O) groups excluding carboxylic acids is 1. The maximum absolute atomic E-state index is 12.6. The number of hydrogen-bond donors (Lipinski definition) is 1. The first-order valence-corrected chi connectivity index (χ1v) is 12.9. The van der Waals surface area contributed by atoms with E-state index in [0.717, 1.165) is 26.1 Å². The quantitative estimate of drug-likeness (QED) is 0.237. The van der Waals surface area contributed by atoms with Gasteiger partial charge in [-0.05, 0) is 102 Å². The van der Waals surface area contributed by atoms with Crippen molar-refractivity contribution in [2.45, 2.75) is 20.5 Å². The second-order valence-electron chi connectivity index (χ2n) is 7.72. The third kappa shape index (κ3) is 6.58. The summed E-state index contributed by atoms with van der Waals surface area (Å²) >= 11 is 3.54. The molecule has 4 rings (SSSR count). The minimum atomic E-state index is -0.185. The molecule has 8 heteroatoms. The normalized spacial score (nSPS) is 15.4. The Morgan fingerprint density at radius 2 is 1.80 bits per heavy atom. The summed E-state index contributed by atoms with van der Waals surface area (Å²) in [5.74, 6) is 1.91. The lowest BCUT2D eigenvalue weighted by molar-refractivity contribution is -0.115. The molecule has 0 saturated carbocycles. The molecular formula is C27H25IN2O4S. The van der Waals surface area contributed by atoms with Gasteiger partial charge in [-0.2, -0.15) is 0 Å². The second-order valence-corrected chi connectivity index (χ2v) is 9.91. The molecule has 0 atom stereocenters. The zero-order valence-electron chi connectivity index (χ0n) is 19.6. The van der Waals surface area contributed by atoms with Crippen LogP contribution in [0.1, 0.15) is 23.6 Å². The first kappa shape index (κ1) is 25.1. The zero-order valence-corrected chi connectivity index (χ0v) is 22.6. The highest BCUT2D eigenvalue weighted by molar-refractivity contribution is 14.1. The van der Waals surface area contributed by atoms with Crippen molar-refractivity contribution in [1.29, 1.82) is 0 Å². The van der Waals surface area contributed by atoms with Gasteiger partial charge >= 0.3 is 0 Å². The number of aliphatic imine (C=N–C) groups is 1. The molecule has 1 saturated heterocycles. The van der Waals surface area contributed by atoms with Crippen molar-refractivity contribution in [3.8, 4) is 17.2 Å². The van der Waals surface area contributed by atoms with Gasteiger partial charge in [0.15, 0.2) is 16.7 Å². The first-order valence-electron chi connectivity index (χ1n) is 11.0. The summed E-state index contributed by atoms with van der Waals surface area (Å²) < 4.78 is 18.1. The van der Waals surface area contributed by atoms with Crippen LogP contribution in [0.15, 0.2) is 70.6 Å². The molecule has 1 heterocycles. The number of hydrogen-bond acceptors (Lipinski definition) is 6. The van der Waals surface area contributed by atoms with Crippen LogP contribution in [0.3, 0.4) is 0 Å². The maximum atomic E-state index is 12.6. The Morgan fingerprint density at radius 1 is 1.06 bits per heavy atom. The van der Waals surface area contributed by atoms with Crippen LogP contribution in [0.4, 0.5) is 5.69 Å². The van der Waals surface area contributed by atoms with Crippen molar-refractivity contribution >= 4 is 57.2 Å². The van der Waals surface area contributed by atoms with E-state index in [1.54, 1.807) is 7.11 Å². The molecule has 3 aromatic rings.